The van der Waals surface area contributed by atoms with Gasteiger partial charge in [0.1, 0.15) is 4.32 Å². The van der Waals surface area contributed by atoms with Crippen molar-refractivity contribution in [2.75, 3.05) is 19.9 Å². The summed E-state index contributed by atoms with van der Waals surface area (Å²) in [5.41, 5.74) is 2.61. The number of ether oxygens (including phenoxy) is 2. The molecule has 0 saturated carbocycles. The van der Waals surface area contributed by atoms with Crippen LogP contribution in [0.5, 0.6) is 11.5 Å². The minimum atomic E-state index is -0.170. The smallest absolute Gasteiger partial charge is 0.266 e. The van der Waals surface area contributed by atoms with E-state index in [1.54, 1.807) is 6.08 Å². The highest BCUT2D eigenvalue weighted by molar-refractivity contribution is 8.26. The van der Waals surface area contributed by atoms with Crippen molar-refractivity contribution in [1.82, 2.24) is 10.2 Å². The summed E-state index contributed by atoms with van der Waals surface area (Å²) in [7, 11) is 0. The second-order valence-electron chi connectivity index (χ2n) is 7.48. The third-order valence-electron chi connectivity index (χ3n) is 5.03. The van der Waals surface area contributed by atoms with Crippen LogP contribution in [0, 0.1) is 0 Å². The van der Waals surface area contributed by atoms with E-state index in [9.17, 15) is 9.59 Å². The molecule has 0 aliphatic carbocycles. The summed E-state index contributed by atoms with van der Waals surface area (Å²) in [6, 6.07) is 13.1. The minimum absolute atomic E-state index is 0.164. The number of fused-ring (bicyclic) bond motifs is 1. The van der Waals surface area contributed by atoms with Gasteiger partial charge in [0.15, 0.2) is 11.5 Å². The first-order valence-corrected chi connectivity index (χ1v) is 11.2. The molecule has 6 nitrogen and oxygen atoms in total. The van der Waals surface area contributed by atoms with Gasteiger partial charge in [0, 0.05) is 18.7 Å². The number of thiocarbonyl (C=S) groups is 1. The van der Waals surface area contributed by atoms with Gasteiger partial charge in [-0.2, -0.15) is 0 Å². The highest BCUT2D eigenvalue weighted by Gasteiger charge is 2.31. The van der Waals surface area contributed by atoms with Gasteiger partial charge in [0.05, 0.1) is 4.91 Å². The van der Waals surface area contributed by atoms with E-state index in [2.05, 4.69) is 19.2 Å². The maximum absolute atomic E-state index is 12.8. The van der Waals surface area contributed by atoms with Crippen LogP contribution < -0.4 is 14.8 Å². The molecule has 0 spiro atoms. The van der Waals surface area contributed by atoms with Gasteiger partial charge in [0.2, 0.25) is 6.79 Å². The summed E-state index contributed by atoms with van der Waals surface area (Å²) in [6.45, 7) is 5.05. The van der Waals surface area contributed by atoms with E-state index in [0.717, 1.165) is 5.56 Å². The number of amides is 2. The lowest BCUT2D eigenvalue weighted by Gasteiger charge is -2.15. The summed E-state index contributed by atoms with van der Waals surface area (Å²) >= 11 is 6.62. The lowest BCUT2D eigenvalue weighted by Crippen LogP contribution is -2.37. The lowest BCUT2D eigenvalue weighted by molar-refractivity contribution is -0.122. The van der Waals surface area contributed by atoms with Crippen LogP contribution >= 0.6 is 24.0 Å². The van der Waals surface area contributed by atoms with Crippen molar-refractivity contribution in [3.05, 3.63) is 64.1 Å². The maximum atomic E-state index is 12.8. The first-order chi connectivity index (χ1) is 14.9. The van der Waals surface area contributed by atoms with Gasteiger partial charge in [0.25, 0.3) is 11.8 Å². The van der Waals surface area contributed by atoms with E-state index in [1.165, 1.54) is 22.2 Å². The highest BCUT2D eigenvalue weighted by atomic mass is 32.2. The molecule has 0 unspecified atom stereocenters. The summed E-state index contributed by atoms with van der Waals surface area (Å²) in [5.74, 6) is 1.43. The molecule has 2 aromatic carbocycles. The average molecular weight is 455 g/mol. The molecule has 2 aliphatic heterocycles. The molecular weight excluding hydrogens is 432 g/mol. The second-order valence-corrected chi connectivity index (χ2v) is 9.15. The number of thioether (sulfide) groups is 1. The van der Waals surface area contributed by atoms with Crippen molar-refractivity contribution in [2.24, 2.45) is 0 Å². The van der Waals surface area contributed by atoms with Gasteiger partial charge in [-0.05, 0) is 47.4 Å². The van der Waals surface area contributed by atoms with Crippen molar-refractivity contribution in [2.45, 2.75) is 19.8 Å². The van der Waals surface area contributed by atoms with Gasteiger partial charge in [-0.25, -0.2) is 0 Å². The van der Waals surface area contributed by atoms with Gasteiger partial charge in [-0.3, -0.25) is 14.5 Å². The molecule has 1 N–H and O–H groups in total. The number of nitrogens with one attached hydrogen (secondary N) is 1. The Morgan fingerprint density at radius 1 is 1.19 bits per heavy atom. The van der Waals surface area contributed by atoms with Crippen LogP contribution in [0.4, 0.5) is 0 Å². The molecule has 2 aliphatic rings. The van der Waals surface area contributed by atoms with Crippen LogP contribution in [-0.4, -0.2) is 40.9 Å². The molecule has 0 aromatic heterocycles. The molecule has 160 valence electrons. The normalized spacial score (nSPS) is 16.5. The van der Waals surface area contributed by atoms with Crippen LogP contribution in [-0.2, 0) is 4.79 Å². The van der Waals surface area contributed by atoms with Gasteiger partial charge >= 0.3 is 0 Å². The van der Waals surface area contributed by atoms with Gasteiger partial charge in [-0.15, -0.1) is 0 Å². The summed E-state index contributed by atoms with van der Waals surface area (Å²) in [5, 5.41) is 2.86. The van der Waals surface area contributed by atoms with E-state index >= 15 is 0 Å². The molecule has 0 bridgehead atoms. The zero-order valence-corrected chi connectivity index (χ0v) is 18.8. The molecule has 8 heteroatoms. The molecule has 2 heterocycles. The number of hydrogen-bond acceptors (Lipinski definition) is 6. The number of rotatable bonds is 6. The topological polar surface area (TPSA) is 67.9 Å². The molecule has 2 amide bonds. The Bertz CT molecular complexity index is 1060. The van der Waals surface area contributed by atoms with Crippen molar-refractivity contribution >= 4 is 46.2 Å². The fourth-order valence-corrected chi connectivity index (χ4v) is 4.56. The Labute approximate surface area is 190 Å². The molecule has 1 fully saturated rings. The summed E-state index contributed by atoms with van der Waals surface area (Å²) < 4.78 is 11.2. The number of nitrogens with zero attached hydrogens (tertiary/aromatic N) is 1. The SMILES string of the molecule is CC(C)c1ccc(C(=O)NCCN2C(=O)/C(=C/c3ccc4c(c3)OCO4)SC2=S)cc1. The highest BCUT2D eigenvalue weighted by Crippen LogP contribution is 2.36. The predicted molar refractivity (Wildman–Crippen MR) is 125 cm³/mol. The first-order valence-electron chi connectivity index (χ1n) is 9.95. The Morgan fingerprint density at radius 2 is 1.94 bits per heavy atom. The number of hydrogen-bond donors (Lipinski definition) is 1. The van der Waals surface area contributed by atoms with Crippen molar-refractivity contribution in [1.29, 1.82) is 0 Å². The zero-order valence-electron chi connectivity index (χ0n) is 17.2. The van der Waals surface area contributed by atoms with Crippen LogP contribution in [0.3, 0.4) is 0 Å². The third-order valence-corrected chi connectivity index (χ3v) is 6.41. The van der Waals surface area contributed by atoms with E-state index in [4.69, 9.17) is 21.7 Å². The Morgan fingerprint density at radius 3 is 2.68 bits per heavy atom. The average Bonchev–Trinajstić information content (AvgIpc) is 3.33. The van der Waals surface area contributed by atoms with Crippen LogP contribution in [0.15, 0.2) is 47.4 Å². The Balaban J connectivity index is 1.34. The van der Waals surface area contributed by atoms with E-state index < -0.39 is 0 Å². The molecule has 4 rings (SSSR count). The quantitative estimate of drug-likeness (QED) is 0.522. The zero-order chi connectivity index (χ0) is 22.0. The largest absolute Gasteiger partial charge is 0.454 e. The Hall–Kier alpha value is -2.84. The molecule has 0 radical (unpaired) electrons. The van der Waals surface area contributed by atoms with Crippen LogP contribution in [0.2, 0.25) is 0 Å². The third kappa shape index (κ3) is 4.75. The lowest BCUT2D eigenvalue weighted by atomic mass is 10.0. The van der Waals surface area contributed by atoms with Crippen LogP contribution in [0.1, 0.15) is 41.3 Å². The molecule has 31 heavy (non-hydrogen) atoms. The standard InChI is InChI=1S/C23H22N2O4S2/c1-14(2)16-4-6-17(7-5-16)21(26)24-9-10-25-22(27)20(31-23(25)30)12-15-3-8-18-19(11-15)29-13-28-18/h3-8,11-12,14H,9-10,13H2,1-2H3,(H,24,26)/b20-12-. The van der Waals surface area contributed by atoms with Crippen molar-refractivity contribution < 1.29 is 19.1 Å². The number of carbonyl (C=O) groups is 2. The molecule has 0 atom stereocenters. The van der Waals surface area contributed by atoms with E-state index in [1.807, 2.05) is 42.5 Å². The monoisotopic (exact) mass is 454 g/mol. The maximum Gasteiger partial charge on any atom is 0.266 e. The number of benzene rings is 2. The second kappa shape index (κ2) is 9.11. The first kappa shape index (κ1) is 21.4. The number of carbonyl (C=O) groups excluding carboxylic acids is 2. The van der Waals surface area contributed by atoms with Crippen LogP contribution in [0.25, 0.3) is 6.08 Å². The molecule has 1 saturated heterocycles. The van der Waals surface area contributed by atoms with E-state index in [0.29, 0.717) is 45.3 Å². The van der Waals surface area contributed by atoms with Crippen molar-refractivity contribution in [3.8, 4) is 11.5 Å². The fourth-order valence-electron chi connectivity index (χ4n) is 3.25. The predicted octanol–water partition coefficient (Wildman–Crippen LogP) is 4.17. The summed E-state index contributed by atoms with van der Waals surface area (Å²) in [6.07, 6.45) is 1.79. The minimum Gasteiger partial charge on any atom is -0.454 e. The molecular formula is C23H22N2O4S2. The van der Waals surface area contributed by atoms with Gasteiger partial charge in [-0.1, -0.05) is 56.0 Å². The van der Waals surface area contributed by atoms with Crippen molar-refractivity contribution in [3.63, 3.8) is 0 Å². The summed E-state index contributed by atoms with van der Waals surface area (Å²) in [4.78, 5) is 27.2. The van der Waals surface area contributed by atoms with E-state index in [-0.39, 0.29) is 18.6 Å². The Kier molecular flexibility index (Phi) is 6.29. The van der Waals surface area contributed by atoms with Gasteiger partial charge < -0.3 is 14.8 Å². The molecule has 2 aromatic rings. The fraction of sp³-hybridized carbons (Fsp3) is 0.261.